The van der Waals surface area contributed by atoms with Gasteiger partial charge in [-0.2, -0.15) is 13.2 Å². The van der Waals surface area contributed by atoms with Crippen molar-refractivity contribution in [3.63, 3.8) is 0 Å². The summed E-state index contributed by atoms with van der Waals surface area (Å²) in [4.78, 5) is 22.0. The topological polar surface area (TPSA) is 48.5 Å². The summed E-state index contributed by atoms with van der Waals surface area (Å²) in [5.41, 5.74) is 2.94. The summed E-state index contributed by atoms with van der Waals surface area (Å²) in [7, 11) is 2.01. The van der Waals surface area contributed by atoms with E-state index in [0.29, 0.717) is 23.9 Å². The minimum atomic E-state index is -4.39. The average molecular weight is 579 g/mol. The van der Waals surface area contributed by atoms with E-state index in [1.54, 1.807) is 18.5 Å². The Morgan fingerprint density at radius 3 is 2.17 bits per heavy atom. The highest BCUT2D eigenvalue weighted by Crippen LogP contribution is 2.31. The number of anilines is 2. The summed E-state index contributed by atoms with van der Waals surface area (Å²) in [6, 6.07) is 17.1. The van der Waals surface area contributed by atoms with Crippen LogP contribution in [0.2, 0.25) is 0 Å². The molecule has 1 aliphatic heterocycles. The van der Waals surface area contributed by atoms with Gasteiger partial charge in [0.15, 0.2) is 0 Å². The molecule has 4 rings (SSSR count). The summed E-state index contributed by atoms with van der Waals surface area (Å²) in [5, 5.41) is 3.44. The van der Waals surface area contributed by atoms with Crippen molar-refractivity contribution in [2.45, 2.75) is 58.3 Å². The van der Waals surface area contributed by atoms with Crippen LogP contribution in [-0.2, 0) is 17.5 Å². The number of hydrogen-bond acceptors (Lipinski definition) is 4. The number of nitrogens with zero attached hydrogens (tertiary/aromatic N) is 3. The van der Waals surface area contributed by atoms with E-state index in [0.717, 1.165) is 67.8 Å². The summed E-state index contributed by atoms with van der Waals surface area (Å²) in [5.74, 6) is 0.766. The van der Waals surface area contributed by atoms with Gasteiger partial charge in [0.1, 0.15) is 0 Å². The summed E-state index contributed by atoms with van der Waals surface area (Å²) < 4.78 is 39.0. The van der Waals surface area contributed by atoms with Gasteiger partial charge in [0.25, 0.3) is 0 Å². The molecule has 0 saturated carbocycles. The molecule has 0 spiro atoms. The van der Waals surface area contributed by atoms with Gasteiger partial charge < -0.3 is 15.1 Å². The number of piperidine rings is 1. The molecule has 0 aliphatic carbocycles. The van der Waals surface area contributed by atoms with Crippen LogP contribution in [0.5, 0.6) is 0 Å². The fourth-order valence-electron chi connectivity index (χ4n) is 5.52. The normalized spacial score (nSPS) is 15.2. The highest BCUT2D eigenvalue weighted by Gasteiger charge is 2.32. The van der Waals surface area contributed by atoms with Gasteiger partial charge in [0.05, 0.1) is 5.56 Å². The molecule has 1 fully saturated rings. The maximum Gasteiger partial charge on any atom is 0.416 e. The van der Waals surface area contributed by atoms with Gasteiger partial charge in [-0.1, -0.05) is 38.1 Å². The number of alkyl halides is 3. The fourth-order valence-corrected chi connectivity index (χ4v) is 5.52. The summed E-state index contributed by atoms with van der Waals surface area (Å²) in [6.07, 6.45) is 6.19. The molecule has 1 N–H and O–H groups in total. The average Bonchev–Trinajstić information content (AvgIpc) is 3.00. The van der Waals surface area contributed by atoms with Gasteiger partial charge in [-0.3, -0.25) is 9.78 Å². The van der Waals surface area contributed by atoms with E-state index < -0.39 is 11.7 Å². The molecule has 1 unspecified atom stereocenters. The lowest BCUT2D eigenvalue weighted by Gasteiger charge is -2.39. The Kier molecular flexibility index (Phi) is 10.8. The molecule has 2 heterocycles. The molecule has 42 heavy (non-hydrogen) atoms. The Balaban J connectivity index is 1.59. The lowest BCUT2D eigenvalue weighted by molar-refractivity contribution is -0.137. The molecule has 3 aromatic rings. The molecule has 0 radical (unpaired) electrons. The predicted octanol–water partition coefficient (Wildman–Crippen LogP) is 7.71. The number of pyridine rings is 1. The lowest BCUT2D eigenvalue weighted by Crippen LogP contribution is -2.46. The smallest absolute Gasteiger partial charge is 0.345 e. The van der Waals surface area contributed by atoms with E-state index in [1.807, 2.05) is 24.1 Å². The first-order valence-electron chi connectivity index (χ1n) is 14.7. The van der Waals surface area contributed by atoms with Gasteiger partial charge in [0.2, 0.25) is 5.91 Å². The first kappa shape index (κ1) is 31.3. The molecule has 8 heteroatoms. The van der Waals surface area contributed by atoms with Crippen molar-refractivity contribution in [2.75, 3.05) is 25.0 Å². The van der Waals surface area contributed by atoms with E-state index in [4.69, 9.17) is 0 Å². The molecule has 1 aliphatic rings. The second kappa shape index (κ2) is 14.5. The second-order valence-electron chi connectivity index (χ2n) is 11.5. The van der Waals surface area contributed by atoms with Crippen LogP contribution in [0.25, 0.3) is 6.08 Å². The Morgan fingerprint density at radius 2 is 1.57 bits per heavy atom. The number of aromatic nitrogens is 1. The fraction of sp³-hybridized carbons (Fsp3) is 0.412. The maximum atomic E-state index is 13.9. The SMILES string of the molecule is CC(C)CCC(C1CCNCC1)N(Cc1ccc(N(C)c2ccncc2)cc1)C(=O)C=Cc1ccc(C(F)(F)F)cc1. The monoisotopic (exact) mass is 578 g/mol. The molecular formula is C34H41F3N4O. The minimum absolute atomic E-state index is 0.0680. The molecule has 1 saturated heterocycles. The van der Waals surface area contributed by atoms with Gasteiger partial charge in [-0.05, 0) is 104 Å². The third-order valence-electron chi connectivity index (χ3n) is 8.03. The number of amides is 1. The molecule has 5 nitrogen and oxygen atoms in total. The van der Waals surface area contributed by atoms with E-state index in [9.17, 15) is 18.0 Å². The van der Waals surface area contributed by atoms with Gasteiger partial charge in [-0.25, -0.2) is 0 Å². The maximum absolute atomic E-state index is 13.9. The number of carbonyl (C=O) groups excluding carboxylic acids is 1. The zero-order valence-electron chi connectivity index (χ0n) is 24.6. The minimum Gasteiger partial charge on any atom is -0.345 e. The van der Waals surface area contributed by atoms with Crippen molar-refractivity contribution >= 4 is 23.4 Å². The third-order valence-corrected chi connectivity index (χ3v) is 8.03. The number of halogens is 3. The van der Waals surface area contributed by atoms with Crippen LogP contribution in [0.1, 0.15) is 56.2 Å². The lowest BCUT2D eigenvalue weighted by atomic mass is 9.85. The second-order valence-corrected chi connectivity index (χ2v) is 11.5. The first-order valence-corrected chi connectivity index (χ1v) is 14.7. The van der Waals surface area contributed by atoms with E-state index in [1.165, 1.54) is 18.2 Å². The van der Waals surface area contributed by atoms with Crippen LogP contribution in [0.4, 0.5) is 24.5 Å². The van der Waals surface area contributed by atoms with E-state index >= 15 is 0 Å². The zero-order valence-corrected chi connectivity index (χ0v) is 24.6. The Morgan fingerprint density at radius 1 is 0.952 bits per heavy atom. The number of rotatable bonds is 11. The summed E-state index contributed by atoms with van der Waals surface area (Å²) >= 11 is 0. The van der Waals surface area contributed by atoms with Gasteiger partial charge >= 0.3 is 6.18 Å². The molecule has 1 atom stereocenters. The van der Waals surface area contributed by atoms with Crippen LogP contribution < -0.4 is 10.2 Å². The van der Waals surface area contributed by atoms with Crippen molar-refractivity contribution in [2.24, 2.45) is 11.8 Å². The van der Waals surface area contributed by atoms with Crippen LogP contribution in [0, 0.1) is 11.8 Å². The Bertz CT molecular complexity index is 1290. The van der Waals surface area contributed by atoms with Crippen LogP contribution in [-0.4, -0.2) is 42.0 Å². The third kappa shape index (κ3) is 8.68. The first-order chi connectivity index (χ1) is 20.1. The van der Waals surface area contributed by atoms with Crippen LogP contribution >= 0.6 is 0 Å². The van der Waals surface area contributed by atoms with Crippen molar-refractivity contribution in [3.05, 3.63) is 95.8 Å². The highest BCUT2D eigenvalue weighted by molar-refractivity contribution is 5.92. The number of carbonyl (C=O) groups is 1. The highest BCUT2D eigenvalue weighted by atomic mass is 19.4. The molecule has 224 valence electrons. The molecule has 0 bridgehead atoms. The standard InChI is InChI=1S/C34H41F3N4O/c1-25(2)4-14-32(28-16-20-38-21-17-28)41(33(42)15-9-26-5-10-29(11-6-26)34(35,36)37)24-27-7-12-30(13-8-27)40(3)31-18-22-39-23-19-31/h5-13,15,18-19,22-23,25,28,32,38H,4,14,16-17,20-21,24H2,1-3H3. The van der Waals surface area contributed by atoms with Crippen molar-refractivity contribution < 1.29 is 18.0 Å². The number of benzene rings is 2. The van der Waals surface area contributed by atoms with Gasteiger partial charge in [-0.15, -0.1) is 0 Å². The van der Waals surface area contributed by atoms with Crippen LogP contribution in [0.15, 0.2) is 79.1 Å². The van der Waals surface area contributed by atoms with Crippen molar-refractivity contribution in [1.29, 1.82) is 0 Å². The van der Waals surface area contributed by atoms with Crippen LogP contribution in [0.3, 0.4) is 0 Å². The number of hydrogen-bond donors (Lipinski definition) is 1. The predicted molar refractivity (Wildman–Crippen MR) is 163 cm³/mol. The largest absolute Gasteiger partial charge is 0.416 e. The molecule has 2 aromatic carbocycles. The molecular weight excluding hydrogens is 537 g/mol. The molecule has 1 amide bonds. The van der Waals surface area contributed by atoms with Gasteiger partial charge in [0, 0.05) is 49.5 Å². The van der Waals surface area contributed by atoms with Crippen molar-refractivity contribution in [3.8, 4) is 0 Å². The number of nitrogens with one attached hydrogen (secondary N) is 1. The van der Waals surface area contributed by atoms with Crippen molar-refractivity contribution in [1.82, 2.24) is 15.2 Å². The summed E-state index contributed by atoms with van der Waals surface area (Å²) in [6.45, 7) is 6.73. The Labute approximate surface area is 247 Å². The Hall–Kier alpha value is -3.65. The van der Waals surface area contributed by atoms with E-state index in [-0.39, 0.29) is 11.9 Å². The zero-order chi connectivity index (χ0) is 30.1. The van der Waals surface area contributed by atoms with E-state index in [2.05, 4.69) is 53.3 Å². The quantitative estimate of drug-likeness (QED) is 0.237. The molecule has 1 aromatic heterocycles.